The van der Waals surface area contributed by atoms with Gasteiger partial charge in [-0.1, -0.05) is 60.7 Å². The van der Waals surface area contributed by atoms with Crippen molar-refractivity contribution in [1.29, 1.82) is 0 Å². The summed E-state index contributed by atoms with van der Waals surface area (Å²) >= 11 is 0. The van der Waals surface area contributed by atoms with E-state index in [2.05, 4.69) is 0 Å². The molecule has 0 radical (unpaired) electrons. The summed E-state index contributed by atoms with van der Waals surface area (Å²) in [5, 5.41) is 9.64. The first-order chi connectivity index (χ1) is 16.9. The van der Waals surface area contributed by atoms with Crippen molar-refractivity contribution >= 4 is 6.08 Å². The van der Waals surface area contributed by atoms with Crippen LogP contribution in [-0.2, 0) is 4.74 Å². The average Bonchev–Trinajstić information content (AvgIpc) is 3.71. The molecule has 1 saturated heterocycles. The zero-order chi connectivity index (χ0) is 24.5. The Kier molecular flexibility index (Phi) is 6.81. The van der Waals surface area contributed by atoms with E-state index in [4.69, 9.17) is 4.74 Å². The van der Waals surface area contributed by atoms with Crippen LogP contribution >= 0.6 is 0 Å². The van der Waals surface area contributed by atoms with E-state index in [1.807, 2.05) is 18.2 Å². The van der Waals surface area contributed by atoms with Gasteiger partial charge in [0.1, 0.15) is 11.9 Å². The molecule has 0 spiro atoms. The number of halogens is 3. The van der Waals surface area contributed by atoms with Gasteiger partial charge in [-0.25, -0.2) is 13.2 Å². The highest BCUT2D eigenvalue weighted by Crippen LogP contribution is 2.39. The van der Waals surface area contributed by atoms with E-state index in [9.17, 15) is 18.3 Å². The van der Waals surface area contributed by atoms with E-state index < -0.39 is 17.7 Å². The molecule has 2 aliphatic rings. The second-order valence-corrected chi connectivity index (χ2v) is 9.70. The number of ether oxygens (including phenoxy) is 1. The first-order valence-electron chi connectivity index (χ1n) is 12.3. The summed E-state index contributed by atoms with van der Waals surface area (Å²) in [4.78, 5) is 0. The Hall–Kier alpha value is -2.89. The summed E-state index contributed by atoms with van der Waals surface area (Å²) < 4.78 is 49.2. The molecule has 35 heavy (non-hydrogen) atoms. The van der Waals surface area contributed by atoms with Crippen LogP contribution in [0.2, 0.25) is 0 Å². The minimum absolute atomic E-state index is 0.0835. The van der Waals surface area contributed by atoms with Crippen molar-refractivity contribution in [3.63, 3.8) is 0 Å². The van der Waals surface area contributed by atoms with E-state index in [0.717, 1.165) is 36.8 Å². The van der Waals surface area contributed by atoms with E-state index in [1.54, 1.807) is 55.5 Å². The van der Waals surface area contributed by atoms with Crippen LogP contribution < -0.4 is 0 Å². The molecular formula is C30H29F3O2. The third-order valence-corrected chi connectivity index (χ3v) is 7.31. The molecule has 1 heterocycles. The second kappa shape index (κ2) is 10.00. The van der Waals surface area contributed by atoms with Crippen LogP contribution in [0.15, 0.2) is 60.7 Å². The SMILES string of the molecule is CC(O)c1ccc(-c2ccc(/C=C/C3CCC(c4ccc(C5CO5)c(F)c4)CC3)c(F)c2F)cc1. The fraction of sp³-hybridized carbons (Fsp3) is 0.333. The van der Waals surface area contributed by atoms with E-state index >= 15 is 0 Å². The summed E-state index contributed by atoms with van der Waals surface area (Å²) in [7, 11) is 0. The summed E-state index contributed by atoms with van der Waals surface area (Å²) in [5.74, 6) is -1.32. The number of epoxide rings is 1. The summed E-state index contributed by atoms with van der Waals surface area (Å²) in [6, 6.07) is 15.5. The van der Waals surface area contributed by atoms with Crippen molar-refractivity contribution < 1.29 is 23.0 Å². The first kappa shape index (κ1) is 23.8. The molecule has 182 valence electrons. The molecule has 5 heteroatoms. The molecule has 2 atom stereocenters. The Balaban J connectivity index is 1.22. The van der Waals surface area contributed by atoms with Crippen molar-refractivity contribution in [3.8, 4) is 11.1 Å². The zero-order valence-electron chi connectivity index (χ0n) is 19.7. The molecule has 1 aliphatic carbocycles. The first-order valence-corrected chi connectivity index (χ1v) is 12.3. The maximum absolute atomic E-state index is 14.8. The second-order valence-electron chi connectivity index (χ2n) is 9.70. The summed E-state index contributed by atoms with van der Waals surface area (Å²) in [6.45, 7) is 2.25. The van der Waals surface area contributed by atoms with Gasteiger partial charge < -0.3 is 9.84 Å². The van der Waals surface area contributed by atoms with Gasteiger partial charge in [-0.2, -0.15) is 0 Å². The fourth-order valence-corrected chi connectivity index (χ4v) is 5.03. The van der Waals surface area contributed by atoms with Gasteiger partial charge in [0.05, 0.1) is 12.7 Å². The molecule has 1 saturated carbocycles. The number of rotatable bonds is 6. The lowest BCUT2D eigenvalue weighted by Gasteiger charge is -2.27. The number of benzene rings is 3. The maximum atomic E-state index is 14.8. The number of aliphatic hydroxyl groups excluding tert-OH is 1. The molecule has 2 fully saturated rings. The molecule has 2 nitrogen and oxygen atoms in total. The standard InChI is InChI=1S/C30H29F3O2/c1-18(34)20-8-10-22(11-9-20)25-14-12-23(29(32)30(25)33)7-4-19-2-5-21(6-3-19)24-13-15-26(27(31)16-24)28-17-35-28/h4,7-16,18-19,21,28,34H,2-3,5-6,17H2,1H3/b7-4+. The molecule has 0 aromatic heterocycles. The predicted octanol–water partition coefficient (Wildman–Crippen LogP) is 7.88. The highest BCUT2D eigenvalue weighted by Gasteiger charge is 2.29. The van der Waals surface area contributed by atoms with Gasteiger partial charge in [0.15, 0.2) is 11.6 Å². The topological polar surface area (TPSA) is 32.8 Å². The Bertz CT molecular complexity index is 1220. The zero-order valence-corrected chi connectivity index (χ0v) is 19.7. The van der Waals surface area contributed by atoms with Crippen molar-refractivity contribution in [2.24, 2.45) is 5.92 Å². The van der Waals surface area contributed by atoms with Gasteiger partial charge >= 0.3 is 0 Å². The molecule has 1 N–H and O–H groups in total. The van der Waals surface area contributed by atoms with Gasteiger partial charge in [0, 0.05) is 16.7 Å². The Labute approximate surface area is 204 Å². The monoisotopic (exact) mass is 478 g/mol. The van der Waals surface area contributed by atoms with Crippen LogP contribution in [0.1, 0.15) is 73.0 Å². The van der Waals surface area contributed by atoms with Crippen LogP contribution in [-0.4, -0.2) is 11.7 Å². The van der Waals surface area contributed by atoms with Crippen molar-refractivity contribution in [2.45, 2.75) is 50.7 Å². The fourth-order valence-electron chi connectivity index (χ4n) is 5.03. The number of hydrogen-bond donors (Lipinski definition) is 1. The van der Waals surface area contributed by atoms with Crippen LogP contribution in [0, 0.1) is 23.4 Å². The predicted molar refractivity (Wildman–Crippen MR) is 131 cm³/mol. The number of allylic oxidation sites excluding steroid dienone is 1. The summed E-state index contributed by atoms with van der Waals surface area (Å²) in [6.07, 6.45) is 6.67. The minimum Gasteiger partial charge on any atom is -0.389 e. The van der Waals surface area contributed by atoms with Gasteiger partial charge in [0.2, 0.25) is 0 Å². The van der Waals surface area contributed by atoms with Gasteiger partial charge in [-0.05, 0) is 67.2 Å². The Morgan fingerprint density at radius 1 is 0.914 bits per heavy atom. The maximum Gasteiger partial charge on any atom is 0.167 e. The lowest BCUT2D eigenvalue weighted by atomic mass is 9.78. The van der Waals surface area contributed by atoms with Crippen LogP contribution in [0.3, 0.4) is 0 Å². The van der Waals surface area contributed by atoms with E-state index in [1.165, 1.54) is 0 Å². The molecule has 2 unspecified atom stereocenters. The highest BCUT2D eigenvalue weighted by atomic mass is 19.2. The molecule has 0 amide bonds. The molecule has 3 aromatic carbocycles. The summed E-state index contributed by atoms with van der Waals surface area (Å²) in [5.41, 5.74) is 3.38. The number of aliphatic hydroxyl groups is 1. The van der Waals surface area contributed by atoms with Crippen molar-refractivity contribution in [3.05, 3.63) is 100 Å². The molecule has 0 bridgehead atoms. The minimum atomic E-state index is -0.872. The number of hydrogen-bond acceptors (Lipinski definition) is 2. The average molecular weight is 479 g/mol. The Morgan fingerprint density at radius 2 is 1.63 bits per heavy atom. The largest absolute Gasteiger partial charge is 0.389 e. The lowest BCUT2D eigenvalue weighted by Crippen LogP contribution is -2.12. The molecule has 5 rings (SSSR count). The lowest BCUT2D eigenvalue weighted by molar-refractivity contribution is 0.199. The van der Waals surface area contributed by atoms with Crippen LogP contribution in [0.4, 0.5) is 13.2 Å². The molecular weight excluding hydrogens is 449 g/mol. The third kappa shape index (κ3) is 5.21. The molecule has 1 aliphatic heterocycles. The highest BCUT2D eigenvalue weighted by molar-refractivity contribution is 5.67. The van der Waals surface area contributed by atoms with Crippen LogP contribution in [0.5, 0.6) is 0 Å². The quantitative estimate of drug-likeness (QED) is 0.366. The van der Waals surface area contributed by atoms with Crippen LogP contribution in [0.25, 0.3) is 17.2 Å². The normalized spacial score (nSPS) is 22.9. The molecule has 3 aromatic rings. The van der Waals surface area contributed by atoms with Gasteiger partial charge in [-0.15, -0.1) is 0 Å². The smallest absolute Gasteiger partial charge is 0.167 e. The van der Waals surface area contributed by atoms with Gasteiger partial charge in [-0.3, -0.25) is 0 Å². The van der Waals surface area contributed by atoms with E-state index in [0.29, 0.717) is 23.7 Å². The third-order valence-electron chi connectivity index (χ3n) is 7.31. The Morgan fingerprint density at radius 3 is 2.26 bits per heavy atom. The van der Waals surface area contributed by atoms with E-state index in [-0.39, 0.29) is 29.0 Å². The van der Waals surface area contributed by atoms with Crippen molar-refractivity contribution in [2.75, 3.05) is 6.61 Å². The van der Waals surface area contributed by atoms with Crippen molar-refractivity contribution in [1.82, 2.24) is 0 Å². The van der Waals surface area contributed by atoms with Gasteiger partial charge in [0.25, 0.3) is 0 Å².